The summed E-state index contributed by atoms with van der Waals surface area (Å²) in [4.78, 5) is 10.3. The van der Waals surface area contributed by atoms with Crippen molar-refractivity contribution in [3.05, 3.63) is 0 Å². The van der Waals surface area contributed by atoms with E-state index >= 15 is 0 Å². The molecule has 0 aliphatic carbocycles. The monoisotopic (exact) mass is 229 g/mol. The zero-order chi connectivity index (χ0) is 12.1. The van der Waals surface area contributed by atoms with Crippen LogP contribution < -0.4 is 16.6 Å². The molecule has 0 aromatic carbocycles. The third kappa shape index (κ3) is 13.2. The van der Waals surface area contributed by atoms with E-state index in [2.05, 4.69) is 17.8 Å². The smallest absolute Gasteiger partial charge is 0.326 e. The van der Waals surface area contributed by atoms with Gasteiger partial charge in [0.05, 0.1) is 0 Å². The number of urea groups is 1. The molecule has 0 spiro atoms. The number of carbonyl (C=O) groups is 1. The minimum absolute atomic E-state index is 0.518. The van der Waals surface area contributed by atoms with Crippen LogP contribution in [0.1, 0.15) is 64.7 Å². The molecule has 0 fully saturated rings. The van der Waals surface area contributed by atoms with Crippen LogP contribution in [0.2, 0.25) is 0 Å². The van der Waals surface area contributed by atoms with Gasteiger partial charge in [-0.2, -0.15) is 0 Å². The van der Waals surface area contributed by atoms with Crippen molar-refractivity contribution < 1.29 is 4.79 Å². The molecule has 0 rings (SSSR count). The normalized spacial score (nSPS) is 10.3. The maximum Gasteiger partial charge on any atom is 0.326 e. The van der Waals surface area contributed by atoms with Crippen molar-refractivity contribution in [2.45, 2.75) is 64.7 Å². The van der Waals surface area contributed by atoms with E-state index < -0.39 is 6.03 Å². The molecular weight excluding hydrogens is 202 g/mol. The lowest BCUT2D eigenvalue weighted by molar-refractivity contribution is 0.244. The van der Waals surface area contributed by atoms with E-state index in [-0.39, 0.29) is 0 Å². The molecule has 4 N–H and O–H groups in total. The number of hydrogen-bond acceptors (Lipinski definition) is 2. The Bertz CT molecular complexity index is 162. The molecule has 0 atom stereocenters. The average Bonchev–Trinajstić information content (AvgIpc) is 2.25. The number of amides is 2. The van der Waals surface area contributed by atoms with Gasteiger partial charge in [0.15, 0.2) is 0 Å². The van der Waals surface area contributed by atoms with Gasteiger partial charge in [-0.3, -0.25) is 5.43 Å². The Morgan fingerprint density at radius 1 is 0.938 bits per heavy atom. The van der Waals surface area contributed by atoms with E-state index in [1.165, 1.54) is 51.4 Å². The Morgan fingerprint density at radius 2 is 1.44 bits per heavy atom. The highest BCUT2D eigenvalue weighted by atomic mass is 16.2. The van der Waals surface area contributed by atoms with E-state index in [1.807, 2.05) is 0 Å². The number of nitrogens with two attached hydrogens (primary N) is 1. The Morgan fingerprint density at radius 3 is 1.94 bits per heavy atom. The first-order valence-electron chi connectivity index (χ1n) is 6.55. The van der Waals surface area contributed by atoms with Crippen molar-refractivity contribution in [2.24, 2.45) is 5.73 Å². The lowest BCUT2D eigenvalue weighted by Crippen LogP contribution is -2.41. The molecule has 0 heterocycles. The van der Waals surface area contributed by atoms with Crippen LogP contribution >= 0.6 is 0 Å². The van der Waals surface area contributed by atoms with Gasteiger partial charge in [0.25, 0.3) is 0 Å². The molecule has 0 aliphatic rings. The number of nitrogens with one attached hydrogen (secondary N) is 2. The second-order valence-electron chi connectivity index (χ2n) is 4.24. The summed E-state index contributed by atoms with van der Waals surface area (Å²) < 4.78 is 0. The molecule has 0 aromatic heterocycles. The van der Waals surface area contributed by atoms with Gasteiger partial charge >= 0.3 is 6.03 Å². The van der Waals surface area contributed by atoms with Gasteiger partial charge in [0, 0.05) is 6.54 Å². The largest absolute Gasteiger partial charge is 0.351 e. The summed E-state index contributed by atoms with van der Waals surface area (Å²) in [6.45, 7) is 3.05. The van der Waals surface area contributed by atoms with Crippen LogP contribution in [0.4, 0.5) is 4.79 Å². The molecule has 96 valence electrons. The molecule has 4 nitrogen and oxygen atoms in total. The highest BCUT2D eigenvalue weighted by molar-refractivity contribution is 5.70. The molecule has 0 bridgehead atoms. The quantitative estimate of drug-likeness (QED) is 0.376. The summed E-state index contributed by atoms with van der Waals surface area (Å²) in [6, 6.07) is -0.518. The van der Waals surface area contributed by atoms with Crippen LogP contribution in [0.3, 0.4) is 0 Å². The molecule has 0 aromatic rings. The Labute approximate surface area is 99.3 Å². The SMILES string of the molecule is CCCCCCCCCCCNNC(N)=O. The summed E-state index contributed by atoms with van der Waals surface area (Å²) in [6.07, 6.45) is 11.8. The second kappa shape index (κ2) is 12.3. The Kier molecular flexibility index (Phi) is 11.7. The van der Waals surface area contributed by atoms with Gasteiger partial charge in [-0.1, -0.05) is 58.3 Å². The molecule has 4 heteroatoms. The fraction of sp³-hybridized carbons (Fsp3) is 0.917. The van der Waals surface area contributed by atoms with Crippen LogP contribution in [0.5, 0.6) is 0 Å². The predicted molar refractivity (Wildman–Crippen MR) is 67.9 cm³/mol. The fourth-order valence-corrected chi connectivity index (χ4v) is 1.67. The molecule has 0 saturated carbocycles. The number of hydrazine groups is 1. The summed E-state index contributed by atoms with van der Waals surface area (Å²) in [5, 5.41) is 0. The minimum Gasteiger partial charge on any atom is -0.351 e. The van der Waals surface area contributed by atoms with Crippen LogP contribution in [-0.2, 0) is 0 Å². The summed E-state index contributed by atoms with van der Waals surface area (Å²) >= 11 is 0. The molecule has 0 saturated heterocycles. The second-order valence-corrected chi connectivity index (χ2v) is 4.24. The standard InChI is InChI=1S/C12H27N3O/c1-2-3-4-5-6-7-8-9-10-11-14-15-12(13)16/h14H,2-11H2,1H3,(H3,13,15,16). The minimum atomic E-state index is -0.518. The van der Waals surface area contributed by atoms with Crippen molar-refractivity contribution in [3.63, 3.8) is 0 Å². The summed E-state index contributed by atoms with van der Waals surface area (Å²) in [7, 11) is 0. The summed E-state index contributed by atoms with van der Waals surface area (Å²) in [5.41, 5.74) is 10.0. The van der Waals surface area contributed by atoms with E-state index in [1.54, 1.807) is 0 Å². The lowest BCUT2D eigenvalue weighted by Gasteiger charge is -2.04. The predicted octanol–water partition coefficient (Wildman–Crippen LogP) is 2.69. The van der Waals surface area contributed by atoms with Crippen LogP contribution in [0, 0.1) is 0 Å². The molecule has 2 amide bonds. The molecular formula is C12H27N3O. The Balaban J connectivity index is 2.90. The highest BCUT2D eigenvalue weighted by Gasteiger charge is 1.92. The summed E-state index contributed by atoms with van der Waals surface area (Å²) in [5.74, 6) is 0. The first-order valence-corrected chi connectivity index (χ1v) is 6.55. The average molecular weight is 229 g/mol. The topological polar surface area (TPSA) is 67.2 Å². The fourth-order valence-electron chi connectivity index (χ4n) is 1.67. The number of rotatable bonds is 11. The van der Waals surface area contributed by atoms with Crippen molar-refractivity contribution in [2.75, 3.05) is 6.54 Å². The zero-order valence-electron chi connectivity index (χ0n) is 10.6. The first-order chi connectivity index (χ1) is 7.77. The molecule has 0 unspecified atom stereocenters. The lowest BCUT2D eigenvalue weighted by atomic mass is 10.1. The van der Waals surface area contributed by atoms with Gasteiger partial charge in [-0.05, 0) is 6.42 Å². The van der Waals surface area contributed by atoms with Crippen LogP contribution in [-0.4, -0.2) is 12.6 Å². The Hall–Kier alpha value is -0.770. The first kappa shape index (κ1) is 15.2. The maximum absolute atomic E-state index is 10.3. The van der Waals surface area contributed by atoms with Crippen molar-refractivity contribution in [1.82, 2.24) is 10.9 Å². The third-order valence-electron chi connectivity index (χ3n) is 2.62. The number of unbranched alkanes of at least 4 members (excludes halogenated alkanes) is 8. The van der Waals surface area contributed by atoms with E-state index in [0.717, 1.165) is 13.0 Å². The number of carbonyl (C=O) groups excluding carboxylic acids is 1. The van der Waals surface area contributed by atoms with Crippen molar-refractivity contribution in [3.8, 4) is 0 Å². The third-order valence-corrected chi connectivity index (χ3v) is 2.62. The van der Waals surface area contributed by atoms with Gasteiger partial charge in [-0.15, -0.1) is 0 Å². The van der Waals surface area contributed by atoms with E-state index in [9.17, 15) is 4.79 Å². The van der Waals surface area contributed by atoms with Crippen LogP contribution in [0.15, 0.2) is 0 Å². The van der Waals surface area contributed by atoms with E-state index in [4.69, 9.17) is 5.73 Å². The van der Waals surface area contributed by atoms with Gasteiger partial charge in [0.1, 0.15) is 0 Å². The molecule has 0 radical (unpaired) electrons. The van der Waals surface area contributed by atoms with Gasteiger partial charge < -0.3 is 5.73 Å². The van der Waals surface area contributed by atoms with Gasteiger partial charge in [0.2, 0.25) is 0 Å². The van der Waals surface area contributed by atoms with E-state index in [0.29, 0.717) is 0 Å². The van der Waals surface area contributed by atoms with Gasteiger partial charge in [-0.25, -0.2) is 10.2 Å². The van der Waals surface area contributed by atoms with Crippen LogP contribution in [0.25, 0.3) is 0 Å². The molecule has 0 aliphatic heterocycles. The highest BCUT2D eigenvalue weighted by Crippen LogP contribution is 2.08. The number of primary amides is 1. The zero-order valence-corrected chi connectivity index (χ0v) is 10.6. The number of hydrogen-bond donors (Lipinski definition) is 3. The van der Waals surface area contributed by atoms with Crippen molar-refractivity contribution in [1.29, 1.82) is 0 Å². The maximum atomic E-state index is 10.3. The molecule has 16 heavy (non-hydrogen) atoms. The van der Waals surface area contributed by atoms with Crippen molar-refractivity contribution >= 4 is 6.03 Å².